The van der Waals surface area contributed by atoms with Crippen LogP contribution in [0.5, 0.6) is 0 Å². The van der Waals surface area contributed by atoms with Crippen LogP contribution in [-0.2, 0) is 21.4 Å². The van der Waals surface area contributed by atoms with Gasteiger partial charge in [0.2, 0.25) is 10.0 Å². The Balaban J connectivity index is 1.45. The molecule has 5 rings (SSSR count). The zero-order valence-corrected chi connectivity index (χ0v) is 15.6. The molecule has 1 fully saturated rings. The van der Waals surface area contributed by atoms with Crippen molar-refractivity contribution in [2.45, 2.75) is 23.6 Å². The van der Waals surface area contributed by atoms with Crippen LogP contribution in [-0.4, -0.2) is 46.9 Å². The maximum atomic E-state index is 13.2. The molecule has 7 nitrogen and oxygen atoms in total. The average Bonchev–Trinajstić information content (AvgIpc) is 3.33. The molecule has 0 amide bonds. The summed E-state index contributed by atoms with van der Waals surface area (Å²) in [4.78, 5) is 0.0661. The number of sulfonamides is 1. The zero-order chi connectivity index (χ0) is 19.3. The van der Waals surface area contributed by atoms with Crippen molar-refractivity contribution in [2.24, 2.45) is 0 Å². The Morgan fingerprint density at radius 3 is 2.54 bits per heavy atom. The van der Waals surface area contributed by atoms with E-state index in [0.717, 1.165) is 29.1 Å². The van der Waals surface area contributed by atoms with Gasteiger partial charge in [-0.2, -0.15) is 4.31 Å². The highest BCUT2D eigenvalue weighted by atomic mass is 32.2. The first kappa shape index (κ1) is 17.5. The molecule has 2 aromatic carbocycles. The molecule has 28 heavy (non-hydrogen) atoms. The van der Waals surface area contributed by atoms with Gasteiger partial charge in [-0.1, -0.05) is 35.5 Å². The maximum Gasteiger partial charge on any atom is 0.243 e. The molecule has 0 N–H and O–H groups in total. The van der Waals surface area contributed by atoms with Gasteiger partial charge < -0.3 is 4.74 Å². The smallest absolute Gasteiger partial charge is 0.243 e. The highest BCUT2D eigenvalue weighted by Gasteiger charge is 2.45. The summed E-state index contributed by atoms with van der Waals surface area (Å²) in [6.07, 6.45) is -0.298. The van der Waals surface area contributed by atoms with Crippen LogP contribution in [0, 0.1) is 5.82 Å². The second-order valence-corrected chi connectivity index (χ2v) is 8.83. The second kappa shape index (κ2) is 6.47. The summed E-state index contributed by atoms with van der Waals surface area (Å²) in [7, 11) is -3.74. The lowest BCUT2D eigenvalue weighted by molar-refractivity contribution is -0.00362. The summed E-state index contributed by atoms with van der Waals surface area (Å²) in [5.41, 5.74) is 2.53. The first-order valence-corrected chi connectivity index (χ1v) is 10.3. The van der Waals surface area contributed by atoms with Crippen LogP contribution in [0.4, 0.5) is 4.39 Å². The average molecular weight is 400 g/mol. The fourth-order valence-corrected chi connectivity index (χ4v) is 5.26. The molecule has 9 heteroatoms. The number of ether oxygens (including phenoxy) is 1. The van der Waals surface area contributed by atoms with Crippen LogP contribution in [0.1, 0.15) is 11.7 Å². The molecule has 3 heterocycles. The van der Waals surface area contributed by atoms with E-state index in [1.165, 1.54) is 16.4 Å². The first-order valence-electron chi connectivity index (χ1n) is 8.91. The van der Waals surface area contributed by atoms with Crippen molar-refractivity contribution in [3.8, 4) is 11.3 Å². The quantitative estimate of drug-likeness (QED) is 0.674. The van der Waals surface area contributed by atoms with Gasteiger partial charge in [-0.3, -0.25) is 0 Å². The van der Waals surface area contributed by atoms with Gasteiger partial charge in [-0.25, -0.2) is 17.5 Å². The number of fused-ring (bicyclic) bond motifs is 3. The van der Waals surface area contributed by atoms with Gasteiger partial charge in [0.25, 0.3) is 0 Å². The van der Waals surface area contributed by atoms with E-state index >= 15 is 0 Å². The van der Waals surface area contributed by atoms with Crippen LogP contribution in [0.25, 0.3) is 11.3 Å². The third-order valence-corrected chi connectivity index (χ3v) is 7.09. The number of rotatable bonds is 3. The van der Waals surface area contributed by atoms with E-state index in [2.05, 4.69) is 10.3 Å². The monoisotopic (exact) mass is 400 g/mol. The highest BCUT2D eigenvalue weighted by Crippen LogP contribution is 2.36. The largest absolute Gasteiger partial charge is 0.368 e. The fraction of sp³-hybridized carbons (Fsp3) is 0.263. The van der Waals surface area contributed by atoms with E-state index in [1.54, 1.807) is 4.68 Å². The van der Waals surface area contributed by atoms with E-state index < -0.39 is 15.8 Å². The topological polar surface area (TPSA) is 77.3 Å². The summed E-state index contributed by atoms with van der Waals surface area (Å²) in [6, 6.07) is 14.3. The lowest BCUT2D eigenvalue weighted by Gasteiger charge is -2.26. The minimum Gasteiger partial charge on any atom is -0.368 e. The molecule has 2 unspecified atom stereocenters. The van der Waals surface area contributed by atoms with E-state index in [0.29, 0.717) is 6.61 Å². The van der Waals surface area contributed by atoms with Gasteiger partial charge in [-0.05, 0) is 24.3 Å². The molecule has 2 atom stereocenters. The van der Waals surface area contributed by atoms with Gasteiger partial charge in [0, 0.05) is 18.7 Å². The number of aromatic nitrogens is 3. The number of hydrogen-bond acceptors (Lipinski definition) is 5. The standard InChI is InChI=1S/C19H17FN4O3S/c20-14-6-8-15(9-7-14)28(25,26)23-10-16-18(11-23)27-12-17-19(21-22-24(16)17)13-4-2-1-3-5-13/h1-9,16,18H,10-12H2. The second-order valence-electron chi connectivity index (χ2n) is 6.89. The number of hydrogen-bond donors (Lipinski definition) is 0. The molecule has 2 aliphatic heterocycles. The van der Waals surface area contributed by atoms with Gasteiger partial charge in [-0.15, -0.1) is 5.10 Å². The molecular formula is C19H17FN4O3S. The van der Waals surface area contributed by atoms with Gasteiger partial charge in [0.15, 0.2) is 0 Å². The summed E-state index contributed by atoms with van der Waals surface area (Å²) < 4.78 is 48.1. The molecule has 144 valence electrons. The van der Waals surface area contributed by atoms with Crippen molar-refractivity contribution in [1.29, 1.82) is 0 Å². The normalized spacial score (nSPS) is 22.0. The van der Waals surface area contributed by atoms with Crippen molar-refractivity contribution in [3.05, 3.63) is 66.1 Å². The zero-order valence-electron chi connectivity index (χ0n) is 14.8. The highest BCUT2D eigenvalue weighted by molar-refractivity contribution is 7.89. The van der Waals surface area contributed by atoms with Crippen molar-refractivity contribution in [3.63, 3.8) is 0 Å². The van der Waals surface area contributed by atoms with Crippen LogP contribution in [0.3, 0.4) is 0 Å². The van der Waals surface area contributed by atoms with E-state index in [-0.39, 0.29) is 30.1 Å². The number of benzene rings is 2. The van der Waals surface area contributed by atoms with E-state index in [1.807, 2.05) is 30.3 Å². The minimum atomic E-state index is -3.74. The van der Waals surface area contributed by atoms with Crippen LogP contribution < -0.4 is 0 Å². The maximum absolute atomic E-state index is 13.2. The Kier molecular flexibility index (Phi) is 4.04. The third-order valence-electron chi connectivity index (χ3n) is 5.24. The Bertz CT molecular complexity index is 1120. The molecule has 3 aromatic rings. The van der Waals surface area contributed by atoms with Gasteiger partial charge in [0.05, 0.1) is 29.3 Å². The lowest BCUT2D eigenvalue weighted by atomic mass is 10.1. The molecule has 0 spiro atoms. The summed E-state index contributed by atoms with van der Waals surface area (Å²) in [5.74, 6) is -0.474. The van der Waals surface area contributed by atoms with E-state index in [9.17, 15) is 12.8 Å². The number of halogens is 1. The molecule has 1 saturated heterocycles. The molecule has 0 radical (unpaired) electrons. The van der Waals surface area contributed by atoms with Crippen LogP contribution >= 0.6 is 0 Å². The predicted molar refractivity (Wildman–Crippen MR) is 98.2 cm³/mol. The Morgan fingerprint density at radius 1 is 1.04 bits per heavy atom. The Morgan fingerprint density at radius 2 is 1.79 bits per heavy atom. The van der Waals surface area contributed by atoms with Crippen molar-refractivity contribution < 1.29 is 17.5 Å². The molecule has 0 saturated carbocycles. The lowest BCUT2D eigenvalue weighted by Crippen LogP contribution is -2.32. The third kappa shape index (κ3) is 2.74. The summed E-state index contributed by atoms with van der Waals surface area (Å²) in [5, 5.41) is 8.60. The van der Waals surface area contributed by atoms with Crippen molar-refractivity contribution >= 4 is 10.0 Å². The molecule has 2 aliphatic rings. The molecular weight excluding hydrogens is 383 g/mol. The SMILES string of the molecule is O=S(=O)(c1ccc(F)cc1)N1CC2OCc3c(-c4ccccc4)nnn3C2C1. The number of nitrogens with zero attached hydrogens (tertiary/aromatic N) is 4. The Hall–Kier alpha value is -2.62. The minimum absolute atomic E-state index is 0.0661. The molecule has 0 aliphatic carbocycles. The Labute approximate surface area is 161 Å². The van der Waals surface area contributed by atoms with Gasteiger partial charge >= 0.3 is 0 Å². The summed E-state index contributed by atoms with van der Waals surface area (Å²) in [6.45, 7) is 0.780. The first-order chi connectivity index (χ1) is 13.5. The predicted octanol–water partition coefficient (Wildman–Crippen LogP) is 2.23. The fourth-order valence-electron chi connectivity index (χ4n) is 3.79. The molecule has 1 aromatic heterocycles. The molecule has 0 bridgehead atoms. The van der Waals surface area contributed by atoms with E-state index in [4.69, 9.17) is 4.74 Å². The summed E-state index contributed by atoms with van der Waals surface area (Å²) >= 11 is 0. The van der Waals surface area contributed by atoms with Crippen molar-refractivity contribution in [1.82, 2.24) is 19.3 Å². The van der Waals surface area contributed by atoms with Crippen LogP contribution in [0.15, 0.2) is 59.5 Å². The van der Waals surface area contributed by atoms with Gasteiger partial charge in [0.1, 0.15) is 11.5 Å². The van der Waals surface area contributed by atoms with Crippen LogP contribution in [0.2, 0.25) is 0 Å². The van der Waals surface area contributed by atoms with Crippen molar-refractivity contribution in [2.75, 3.05) is 13.1 Å².